The monoisotopic (exact) mass is 415 g/mol. The van der Waals surface area contributed by atoms with Crippen molar-refractivity contribution in [2.75, 3.05) is 12.4 Å². The van der Waals surface area contributed by atoms with Gasteiger partial charge in [0.15, 0.2) is 0 Å². The van der Waals surface area contributed by atoms with E-state index in [0.717, 1.165) is 25.0 Å². The van der Waals surface area contributed by atoms with E-state index in [1.165, 1.54) is 23.9 Å². The Morgan fingerprint density at radius 2 is 1.79 bits per heavy atom. The number of hydrogen-bond acceptors (Lipinski definition) is 6. The van der Waals surface area contributed by atoms with Gasteiger partial charge in [0.1, 0.15) is 0 Å². The highest BCUT2D eigenvalue weighted by Gasteiger charge is 2.21. The number of nitro groups is 1. The molecule has 1 heterocycles. The normalized spacial score (nSPS) is 15.7. The van der Waals surface area contributed by atoms with Crippen LogP contribution in [0.5, 0.6) is 0 Å². The van der Waals surface area contributed by atoms with Crippen LogP contribution in [-0.2, 0) is 4.74 Å². The van der Waals surface area contributed by atoms with Crippen molar-refractivity contribution in [3.8, 4) is 0 Å². The molecule has 0 radical (unpaired) electrons. The number of hydrogen-bond donors (Lipinski definition) is 2. The Morgan fingerprint density at radius 3 is 2.41 bits per heavy atom. The Labute approximate surface area is 172 Å². The highest BCUT2D eigenvalue weighted by molar-refractivity contribution is 7.99. The second-order valence-electron chi connectivity index (χ2n) is 6.66. The van der Waals surface area contributed by atoms with Crippen molar-refractivity contribution >= 4 is 29.3 Å². The first-order valence-corrected chi connectivity index (χ1v) is 10.1. The number of hydrazine groups is 1. The second-order valence-corrected chi connectivity index (χ2v) is 7.72. The summed E-state index contributed by atoms with van der Waals surface area (Å²) in [6, 6.07) is 11.1. The maximum atomic E-state index is 12.3. The topological polar surface area (TPSA) is 111 Å². The van der Waals surface area contributed by atoms with Gasteiger partial charge in [0, 0.05) is 29.6 Å². The van der Waals surface area contributed by atoms with Crippen LogP contribution in [0.3, 0.4) is 0 Å². The number of aryl methyl sites for hydroxylation is 1. The molecule has 2 amide bonds. The number of nitrogens with one attached hydrogen (secondary N) is 2. The van der Waals surface area contributed by atoms with E-state index < -0.39 is 16.7 Å². The third kappa shape index (κ3) is 5.55. The number of nitro benzene ring substituents is 1. The van der Waals surface area contributed by atoms with Gasteiger partial charge in [-0.05, 0) is 44.0 Å². The first kappa shape index (κ1) is 20.8. The zero-order valence-electron chi connectivity index (χ0n) is 15.8. The second kappa shape index (κ2) is 9.53. The average molecular weight is 415 g/mol. The standard InChI is InChI=1S/C20H21N3O5S/c1-13-4-6-14(7-5-13)19(24)21-22-20(25)15-8-9-18(17(11-15)23(26)27)29-12-16-3-2-10-28-16/h4-9,11,16H,2-3,10,12H2,1H3,(H,21,24)(H,22,25)/t16-/m1/s1. The van der Waals surface area contributed by atoms with Gasteiger partial charge in [-0.1, -0.05) is 17.7 Å². The summed E-state index contributed by atoms with van der Waals surface area (Å²) >= 11 is 1.34. The molecule has 1 aliphatic rings. The molecule has 0 aromatic heterocycles. The molecule has 9 heteroatoms. The lowest BCUT2D eigenvalue weighted by molar-refractivity contribution is -0.387. The number of rotatable bonds is 6. The molecule has 2 aromatic carbocycles. The molecular formula is C20H21N3O5S. The molecule has 2 N–H and O–H groups in total. The molecule has 0 spiro atoms. The van der Waals surface area contributed by atoms with Gasteiger partial charge in [-0.2, -0.15) is 0 Å². The van der Waals surface area contributed by atoms with Crippen LogP contribution >= 0.6 is 11.8 Å². The van der Waals surface area contributed by atoms with Crippen LogP contribution in [0.4, 0.5) is 5.69 Å². The van der Waals surface area contributed by atoms with Gasteiger partial charge < -0.3 is 4.74 Å². The number of carbonyl (C=O) groups is 2. The number of amides is 2. The van der Waals surface area contributed by atoms with Gasteiger partial charge >= 0.3 is 0 Å². The number of nitrogens with zero attached hydrogens (tertiary/aromatic N) is 1. The molecule has 1 fully saturated rings. The van der Waals surface area contributed by atoms with Gasteiger partial charge in [-0.3, -0.25) is 30.6 Å². The van der Waals surface area contributed by atoms with Crippen LogP contribution in [0.15, 0.2) is 47.4 Å². The summed E-state index contributed by atoms with van der Waals surface area (Å²) in [5, 5.41) is 11.4. The van der Waals surface area contributed by atoms with Crippen LogP contribution in [0.2, 0.25) is 0 Å². The summed E-state index contributed by atoms with van der Waals surface area (Å²) in [4.78, 5) is 35.8. The average Bonchev–Trinajstić information content (AvgIpc) is 3.24. The zero-order chi connectivity index (χ0) is 20.8. The number of ether oxygens (including phenoxy) is 1. The fourth-order valence-corrected chi connectivity index (χ4v) is 3.92. The van der Waals surface area contributed by atoms with Gasteiger partial charge in [0.2, 0.25) is 0 Å². The third-order valence-corrected chi connectivity index (χ3v) is 5.66. The van der Waals surface area contributed by atoms with Crippen molar-refractivity contribution < 1.29 is 19.2 Å². The molecule has 0 unspecified atom stereocenters. The first-order chi connectivity index (χ1) is 13.9. The zero-order valence-corrected chi connectivity index (χ0v) is 16.7. The Hall–Kier alpha value is -2.91. The van der Waals surface area contributed by atoms with E-state index in [0.29, 0.717) is 16.2 Å². The highest BCUT2D eigenvalue weighted by atomic mass is 32.2. The van der Waals surface area contributed by atoms with Gasteiger partial charge in [0.05, 0.1) is 15.9 Å². The molecule has 1 saturated heterocycles. The Kier molecular flexibility index (Phi) is 6.84. The Balaban J connectivity index is 1.63. The lowest BCUT2D eigenvalue weighted by Crippen LogP contribution is -2.41. The molecular weight excluding hydrogens is 394 g/mol. The van der Waals surface area contributed by atoms with E-state index in [2.05, 4.69) is 10.9 Å². The molecule has 0 saturated carbocycles. The van der Waals surface area contributed by atoms with Crippen molar-refractivity contribution in [1.82, 2.24) is 10.9 Å². The summed E-state index contributed by atoms with van der Waals surface area (Å²) in [6.45, 7) is 2.62. The van der Waals surface area contributed by atoms with Crippen LogP contribution in [-0.4, -0.2) is 35.2 Å². The van der Waals surface area contributed by atoms with E-state index in [4.69, 9.17) is 4.74 Å². The van der Waals surface area contributed by atoms with Crippen molar-refractivity contribution in [2.45, 2.75) is 30.8 Å². The van der Waals surface area contributed by atoms with E-state index >= 15 is 0 Å². The number of thioether (sulfide) groups is 1. The maximum Gasteiger partial charge on any atom is 0.283 e. The molecule has 2 aromatic rings. The van der Waals surface area contributed by atoms with Crippen molar-refractivity contribution in [2.24, 2.45) is 0 Å². The Bertz CT molecular complexity index is 911. The van der Waals surface area contributed by atoms with Crippen LogP contribution in [0, 0.1) is 17.0 Å². The van der Waals surface area contributed by atoms with Crippen molar-refractivity contribution in [3.63, 3.8) is 0 Å². The summed E-state index contributed by atoms with van der Waals surface area (Å²) in [5.74, 6) is -0.486. The fraction of sp³-hybridized carbons (Fsp3) is 0.300. The van der Waals surface area contributed by atoms with Crippen LogP contribution in [0.1, 0.15) is 39.1 Å². The van der Waals surface area contributed by atoms with Crippen LogP contribution < -0.4 is 10.9 Å². The molecule has 29 heavy (non-hydrogen) atoms. The predicted octanol–water partition coefficient (Wildman–Crippen LogP) is 3.25. The number of benzene rings is 2. The molecule has 152 valence electrons. The molecule has 0 bridgehead atoms. The fourth-order valence-electron chi connectivity index (χ4n) is 2.84. The largest absolute Gasteiger partial charge is 0.377 e. The van der Waals surface area contributed by atoms with E-state index in [1.54, 1.807) is 30.3 Å². The SMILES string of the molecule is Cc1ccc(C(=O)NNC(=O)c2ccc(SC[C@H]3CCCO3)c([N+](=O)[O-])c2)cc1. The molecule has 0 aliphatic carbocycles. The summed E-state index contributed by atoms with van der Waals surface area (Å²) in [7, 11) is 0. The lowest BCUT2D eigenvalue weighted by atomic mass is 10.1. The first-order valence-electron chi connectivity index (χ1n) is 9.14. The minimum Gasteiger partial charge on any atom is -0.377 e. The predicted molar refractivity (Wildman–Crippen MR) is 109 cm³/mol. The Morgan fingerprint density at radius 1 is 1.14 bits per heavy atom. The van der Waals surface area contributed by atoms with Gasteiger partial charge in [0.25, 0.3) is 17.5 Å². The third-order valence-electron chi connectivity index (χ3n) is 4.47. The molecule has 1 atom stereocenters. The maximum absolute atomic E-state index is 12.3. The molecule has 8 nitrogen and oxygen atoms in total. The summed E-state index contributed by atoms with van der Waals surface area (Å²) in [6.07, 6.45) is 2.04. The summed E-state index contributed by atoms with van der Waals surface area (Å²) < 4.78 is 5.54. The van der Waals surface area contributed by atoms with Gasteiger partial charge in [-0.15, -0.1) is 11.8 Å². The van der Waals surface area contributed by atoms with E-state index in [1.807, 2.05) is 6.92 Å². The quantitative estimate of drug-likeness (QED) is 0.426. The molecule has 1 aliphatic heterocycles. The lowest BCUT2D eigenvalue weighted by Gasteiger charge is -2.10. The minimum absolute atomic E-state index is 0.0855. The van der Waals surface area contributed by atoms with Gasteiger partial charge in [-0.25, -0.2) is 0 Å². The molecule has 3 rings (SSSR count). The highest BCUT2D eigenvalue weighted by Crippen LogP contribution is 2.32. The van der Waals surface area contributed by atoms with Crippen molar-refractivity contribution in [1.29, 1.82) is 0 Å². The number of carbonyl (C=O) groups excluding carboxylic acids is 2. The minimum atomic E-state index is -0.635. The van der Waals surface area contributed by atoms with E-state index in [9.17, 15) is 19.7 Å². The summed E-state index contributed by atoms with van der Waals surface area (Å²) in [5.41, 5.74) is 5.94. The van der Waals surface area contributed by atoms with E-state index in [-0.39, 0.29) is 17.4 Å². The van der Waals surface area contributed by atoms with Crippen molar-refractivity contribution in [3.05, 3.63) is 69.3 Å². The smallest absolute Gasteiger partial charge is 0.283 e. The van der Waals surface area contributed by atoms with Crippen LogP contribution in [0.25, 0.3) is 0 Å².